The Labute approximate surface area is 370 Å². The zero-order chi connectivity index (χ0) is 44.5. The van der Waals surface area contributed by atoms with Crippen molar-refractivity contribution in [1.82, 2.24) is 39.9 Å². The normalized spacial score (nSPS) is 18.7. The van der Waals surface area contributed by atoms with Gasteiger partial charge in [0.2, 0.25) is 33.7 Å². The number of benzene rings is 1. The summed E-state index contributed by atoms with van der Waals surface area (Å²) in [4.78, 5) is 60.9. The third-order valence-corrected chi connectivity index (χ3v) is 14.7. The number of aromatic nitrogens is 6. The fourth-order valence-corrected chi connectivity index (χ4v) is 10.6. The zero-order valence-electron chi connectivity index (χ0n) is 35.8. The highest BCUT2D eigenvalue weighted by Crippen LogP contribution is 2.42. The van der Waals surface area contributed by atoms with E-state index in [-0.39, 0.29) is 52.0 Å². The molecule has 5 aromatic rings. The number of sulfonamides is 1. The average molecular weight is 898 g/mol. The van der Waals surface area contributed by atoms with E-state index in [0.717, 1.165) is 42.2 Å². The number of piperidine rings is 2. The largest absolute Gasteiger partial charge is 0.356 e. The molecule has 3 fully saturated rings. The Hall–Kier alpha value is -5.82. The van der Waals surface area contributed by atoms with Crippen LogP contribution in [0.2, 0.25) is 0 Å². The van der Waals surface area contributed by atoms with Gasteiger partial charge in [0.1, 0.15) is 5.82 Å². The molecule has 0 radical (unpaired) electrons. The van der Waals surface area contributed by atoms with Crippen LogP contribution >= 0.6 is 11.3 Å². The molecule has 63 heavy (non-hydrogen) atoms. The summed E-state index contributed by atoms with van der Waals surface area (Å²) in [5.74, 6) is -0.222. The van der Waals surface area contributed by atoms with Gasteiger partial charge in [0, 0.05) is 68.7 Å². The lowest BCUT2D eigenvalue weighted by Crippen LogP contribution is -2.43. The molecule has 1 aromatic carbocycles. The Morgan fingerprint density at radius 3 is 2.54 bits per heavy atom. The maximum Gasteiger partial charge on any atom is 0.234 e. The first-order chi connectivity index (χ1) is 30.1. The van der Waals surface area contributed by atoms with Crippen LogP contribution in [0, 0.1) is 17.7 Å². The van der Waals surface area contributed by atoms with Gasteiger partial charge in [0.25, 0.3) is 0 Å². The van der Waals surface area contributed by atoms with Crippen molar-refractivity contribution in [2.45, 2.75) is 84.1 Å². The summed E-state index contributed by atoms with van der Waals surface area (Å²) in [6.45, 7) is 11.2. The topological polar surface area (TPSA) is 197 Å². The standard InChI is InChI=1S/C44H52FN11O5S2/c1-5-21-63(60,61)53-33-8-6-7-32(37(33)45)38-39(62-42(52-38)44(2,3)4)34-13-17-46-43(50-34)49-30-23-48-56(26-30)24-27-14-18-54(19-15-27)41(59)29-16-20-55(25-29)35-11-9-28(22-47-35)31-10-12-36(57)51-40(31)58/h6-9,11,13,17,22-23,26-27,29,31,53H,5,10,12,14-16,18-21,24-25H2,1-4H3,(H,46,49,50)(H,51,57,58)/t29-,31?/m1/s1. The third kappa shape index (κ3) is 10.0. The van der Waals surface area contributed by atoms with E-state index in [9.17, 15) is 22.8 Å². The highest BCUT2D eigenvalue weighted by molar-refractivity contribution is 7.92. The predicted molar refractivity (Wildman–Crippen MR) is 239 cm³/mol. The van der Waals surface area contributed by atoms with Crippen LogP contribution in [-0.4, -0.2) is 92.7 Å². The number of likely N-dealkylation sites (tertiary alicyclic amines) is 1. The molecule has 0 bridgehead atoms. The second kappa shape index (κ2) is 18.1. The maximum atomic E-state index is 16.1. The van der Waals surface area contributed by atoms with Gasteiger partial charge in [-0.15, -0.1) is 11.3 Å². The van der Waals surface area contributed by atoms with Crippen molar-refractivity contribution in [2.75, 3.05) is 46.9 Å². The predicted octanol–water partition coefficient (Wildman–Crippen LogP) is 6.48. The van der Waals surface area contributed by atoms with E-state index in [1.807, 2.05) is 48.7 Å². The number of thiazole rings is 1. The molecule has 19 heteroatoms. The van der Waals surface area contributed by atoms with Gasteiger partial charge in [-0.1, -0.05) is 39.8 Å². The minimum Gasteiger partial charge on any atom is -0.356 e. The van der Waals surface area contributed by atoms with Gasteiger partial charge in [-0.3, -0.25) is 29.1 Å². The number of rotatable bonds is 13. The lowest BCUT2D eigenvalue weighted by molar-refractivity contribution is -0.136. The molecular formula is C44H52FN11O5S2. The molecule has 0 aliphatic carbocycles. The van der Waals surface area contributed by atoms with E-state index in [4.69, 9.17) is 9.97 Å². The van der Waals surface area contributed by atoms with Gasteiger partial charge in [0.15, 0.2) is 5.82 Å². The number of pyridine rings is 1. The van der Waals surface area contributed by atoms with Gasteiger partial charge in [-0.05, 0) is 67.9 Å². The van der Waals surface area contributed by atoms with Crippen LogP contribution in [0.25, 0.3) is 21.8 Å². The van der Waals surface area contributed by atoms with Gasteiger partial charge in [-0.25, -0.2) is 32.7 Å². The Balaban J connectivity index is 0.866. The zero-order valence-corrected chi connectivity index (χ0v) is 37.4. The van der Waals surface area contributed by atoms with Gasteiger partial charge in [-0.2, -0.15) is 5.10 Å². The van der Waals surface area contributed by atoms with Crippen LogP contribution in [0.4, 0.5) is 27.5 Å². The minimum absolute atomic E-state index is 0.104. The summed E-state index contributed by atoms with van der Waals surface area (Å²) in [7, 11) is -3.72. The second-order valence-electron chi connectivity index (χ2n) is 17.5. The molecule has 16 nitrogen and oxygen atoms in total. The van der Waals surface area contributed by atoms with E-state index >= 15 is 4.39 Å². The Kier molecular flexibility index (Phi) is 12.6. The van der Waals surface area contributed by atoms with Crippen molar-refractivity contribution in [2.24, 2.45) is 11.8 Å². The number of amides is 3. The highest BCUT2D eigenvalue weighted by Gasteiger charge is 2.35. The first-order valence-electron chi connectivity index (χ1n) is 21.4. The van der Waals surface area contributed by atoms with Gasteiger partial charge >= 0.3 is 0 Å². The molecule has 3 amide bonds. The number of carbonyl (C=O) groups excluding carboxylic acids is 3. The molecule has 0 saturated carbocycles. The summed E-state index contributed by atoms with van der Waals surface area (Å²) in [6.07, 6.45) is 10.6. The number of hydrogen-bond acceptors (Lipinski definition) is 13. The van der Waals surface area contributed by atoms with E-state index in [1.54, 1.807) is 43.7 Å². The fraction of sp³-hybridized carbons (Fsp3) is 0.455. The van der Waals surface area contributed by atoms with E-state index in [2.05, 4.69) is 35.3 Å². The molecule has 4 aromatic heterocycles. The number of halogens is 1. The van der Waals surface area contributed by atoms with Crippen LogP contribution in [0.5, 0.6) is 0 Å². The monoisotopic (exact) mass is 897 g/mol. The SMILES string of the molecule is CCCS(=O)(=O)Nc1cccc(-c2nc(C(C)(C)C)sc2-c2ccnc(Nc3cnn(CC4CCN(C(=O)[C@@H]5CCN(c6ccc(C7CCC(=O)NC7=O)cn6)C5)CC4)c3)n2)c1F. The quantitative estimate of drug-likeness (QED) is 0.109. The van der Waals surface area contributed by atoms with E-state index in [1.165, 1.54) is 17.4 Å². The summed E-state index contributed by atoms with van der Waals surface area (Å²) in [6, 6.07) is 10.1. The van der Waals surface area contributed by atoms with E-state index in [0.29, 0.717) is 79.3 Å². The van der Waals surface area contributed by atoms with Crippen molar-refractivity contribution >= 4 is 62.2 Å². The van der Waals surface area contributed by atoms with Crippen molar-refractivity contribution in [1.29, 1.82) is 0 Å². The first-order valence-corrected chi connectivity index (χ1v) is 23.9. The summed E-state index contributed by atoms with van der Waals surface area (Å²) >= 11 is 1.40. The van der Waals surface area contributed by atoms with Crippen molar-refractivity contribution in [3.8, 4) is 21.8 Å². The molecule has 332 valence electrons. The maximum absolute atomic E-state index is 16.1. The lowest BCUT2D eigenvalue weighted by Gasteiger charge is -2.33. The molecule has 8 rings (SSSR count). The third-order valence-electron chi connectivity index (χ3n) is 11.7. The molecule has 3 saturated heterocycles. The van der Waals surface area contributed by atoms with Crippen LogP contribution in [0.1, 0.15) is 82.7 Å². The van der Waals surface area contributed by atoms with E-state index < -0.39 is 15.8 Å². The van der Waals surface area contributed by atoms with Crippen LogP contribution in [0.15, 0.2) is 61.2 Å². The molecule has 7 heterocycles. The Morgan fingerprint density at radius 2 is 1.81 bits per heavy atom. The van der Waals surface area contributed by atoms with Crippen LogP contribution < -0.4 is 20.3 Å². The smallest absolute Gasteiger partial charge is 0.234 e. The minimum atomic E-state index is -3.72. The Bertz CT molecular complexity index is 2600. The number of nitrogens with one attached hydrogen (secondary N) is 3. The molecule has 2 atom stereocenters. The van der Waals surface area contributed by atoms with Gasteiger partial charge in [0.05, 0.1) is 56.4 Å². The fourth-order valence-electron chi connectivity index (χ4n) is 8.31. The summed E-state index contributed by atoms with van der Waals surface area (Å²) in [5, 5.41) is 11.0. The van der Waals surface area contributed by atoms with Gasteiger partial charge < -0.3 is 15.1 Å². The molecule has 3 aliphatic rings. The highest BCUT2D eigenvalue weighted by atomic mass is 32.2. The van der Waals surface area contributed by atoms with Crippen molar-refractivity contribution < 1.29 is 27.2 Å². The number of carbonyl (C=O) groups is 3. The molecule has 3 aliphatic heterocycles. The van der Waals surface area contributed by atoms with Crippen LogP contribution in [-0.2, 0) is 36.4 Å². The molecule has 3 N–H and O–H groups in total. The Morgan fingerprint density at radius 1 is 1.00 bits per heavy atom. The second-order valence-corrected chi connectivity index (χ2v) is 20.4. The molecular weight excluding hydrogens is 846 g/mol. The number of imide groups is 1. The lowest BCUT2D eigenvalue weighted by atomic mass is 9.92. The number of hydrogen-bond donors (Lipinski definition) is 3. The van der Waals surface area contributed by atoms with Crippen molar-refractivity contribution in [3.63, 3.8) is 0 Å². The average Bonchev–Trinajstić information content (AvgIpc) is 4.03. The van der Waals surface area contributed by atoms with Crippen LogP contribution in [0.3, 0.4) is 0 Å². The molecule has 1 unspecified atom stereocenters. The number of nitrogens with zero attached hydrogens (tertiary/aromatic N) is 8. The summed E-state index contributed by atoms with van der Waals surface area (Å²) in [5.41, 5.74) is 2.05. The molecule has 0 spiro atoms. The first kappa shape index (κ1) is 43.8. The number of anilines is 4. The summed E-state index contributed by atoms with van der Waals surface area (Å²) < 4.78 is 45.4. The van der Waals surface area contributed by atoms with Crippen molar-refractivity contribution in [3.05, 3.63) is 77.6 Å².